The lowest BCUT2D eigenvalue weighted by Gasteiger charge is -2.10. The van der Waals surface area contributed by atoms with Gasteiger partial charge in [0.25, 0.3) is 0 Å². The van der Waals surface area contributed by atoms with Gasteiger partial charge in [0.15, 0.2) is 0 Å². The van der Waals surface area contributed by atoms with Gasteiger partial charge in [0, 0.05) is 31.0 Å². The van der Waals surface area contributed by atoms with Gasteiger partial charge in [0.1, 0.15) is 29.6 Å². The molecule has 0 fully saturated rings. The number of aromatic nitrogens is 3. The summed E-state index contributed by atoms with van der Waals surface area (Å²) in [5, 5.41) is 11.4. The third-order valence-electron chi connectivity index (χ3n) is 3.73. The van der Waals surface area contributed by atoms with Crippen molar-refractivity contribution in [2.24, 2.45) is 0 Å². The van der Waals surface area contributed by atoms with Gasteiger partial charge in [-0.1, -0.05) is 12.1 Å². The molecular formula is C19H20FN7O. The molecule has 0 aliphatic heterocycles. The van der Waals surface area contributed by atoms with Crippen LogP contribution in [0, 0.1) is 12.7 Å². The lowest BCUT2D eigenvalue weighted by atomic mass is 10.2. The molecule has 4 N–H and O–H groups in total. The topological polar surface area (TPSA) is 104 Å². The van der Waals surface area contributed by atoms with E-state index in [0.29, 0.717) is 41.8 Å². The maximum atomic E-state index is 13.5. The second-order valence-corrected chi connectivity index (χ2v) is 5.90. The Labute approximate surface area is 161 Å². The Morgan fingerprint density at radius 2 is 1.86 bits per heavy atom. The van der Waals surface area contributed by atoms with E-state index < -0.39 is 6.03 Å². The molecule has 28 heavy (non-hydrogen) atoms. The van der Waals surface area contributed by atoms with Gasteiger partial charge in [-0.15, -0.1) is 0 Å². The van der Waals surface area contributed by atoms with E-state index in [1.807, 2.05) is 18.2 Å². The Kier molecular flexibility index (Phi) is 6.29. The molecule has 2 heterocycles. The summed E-state index contributed by atoms with van der Waals surface area (Å²) in [7, 11) is 0. The molecule has 8 nitrogen and oxygen atoms in total. The van der Waals surface area contributed by atoms with Crippen LogP contribution in [0.25, 0.3) is 0 Å². The molecule has 3 aromatic rings. The zero-order valence-corrected chi connectivity index (χ0v) is 15.2. The fraction of sp³-hybridized carbons (Fsp3) is 0.158. The van der Waals surface area contributed by atoms with Crippen LogP contribution in [0.5, 0.6) is 0 Å². The summed E-state index contributed by atoms with van der Waals surface area (Å²) in [6.45, 7) is 2.47. The van der Waals surface area contributed by atoms with Crippen LogP contribution in [0.2, 0.25) is 0 Å². The third kappa shape index (κ3) is 5.63. The first-order valence-electron chi connectivity index (χ1n) is 8.65. The average Bonchev–Trinajstić information content (AvgIpc) is 2.69. The van der Waals surface area contributed by atoms with Gasteiger partial charge in [0.05, 0.1) is 0 Å². The zero-order chi connectivity index (χ0) is 19.8. The monoisotopic (exact) mass is 381 g/mol. The minimum absolute atomic E-state index is 0.354. The number of nitrogens with one attached hydrogen (secondary N) is 4. The second-order valence-electron chi connectivity index (χ2n) is 5.90. The molecule has 0 bridgehead atoms. The Hall–Kier alpha value is -3.75. The predicted molar refractivity (Wildman–Crippen MR) is 106 cm³/mol. The summed E-state index contributed by atoms with van der Waals surface area (Å²) in [6, 6.07) is 11.4. The molecule has 1 aromatic carbocycles. The van der Waals surface area contributed by atoms with Gasteiger partial charge in [-0.05, 0) is 36.8 Å². The molecule has 144 valence electrons. The first kappa shape index (κ1) is 19.0. The number of urea groups is 1. The Balaban J connectivity index is 1.43. The van der Waals surface area contributed by atoms with Crippen LogP contribution < -0.4 is 21.3 Å². The van der Waals surface area contributed by atoms with E-state index >= 15 is 0 Å². The van der Waals surface area contributed by atoms with Crippen molar-refractivity contribution in [1.82, 2.24) is 20.3 Å². The van der Waals surface area contributed by atoms with Crippen LogP contribution in [-0.4, -0.2) is 34.1 Å². The van der Waals surface area contributed by atoms with Gasteiger partial charge in [-0.25, -0.2) is 24.1 Å². The number of pyridine rings is 1. The lowest BCUT2D eigenvalue weighted by molar-refractivity contribution is 0.252. The SMILES string of the molecule is Cc1ccc(NC(=O)NCCNc2cc(Nc3ccccn3)ncn2)cc1F. The second kappa shape index (κ2) is 9.26. The molecule has 0 aliphatic carbocycles. The van der Waals surface area contributed by atoms with E-state index in [-0.39, 0.29) is 5.82 Å². The van der Waals surface area contributed by atoms with Crippen molar-refractivity contribution in [1.29, 1.82) is 0 Å². The molecule has 3 rings (SSSR count). The minimum atomic E-state index is -0.412. The Morgan fingerprint density at radius 1 is 1.00 bits per heavy atom. The number of halogens is 1. The fourth-order valence-electron chi connectivity index (χ4n) is 2.30. The molecular weight excluding hydrogens is 361 g/mol. The number of hydrogen-bond donors (Lipinski definition) is 4. The molecule has 0 atom stereocenters. The first-order valence-corrected chi connectivity index (χ1v) is 8.65. The lowest BCUT2D eigenvalue weighted by Crippen LogP contribution is -2.32. The number of amides is 2. The fourth-order valence-corrected chi connectivity index (χ4v) is 2.30. The molecule has 0 saturated carbocycles. The average molecular weight is 381 g/mol. The normalized spacial score (nSPS) is 10.2. The molecule has 0 aliphatic rings. The maximum Gasteiger partial charge on any atom is 0.319 e. The number of benzene rings is 1. The third-order valence-corrected chi connectivity index (χ3v) is 3.73. The van der Waals surface area contributed by atoms with Crippen molar-refractivity contribution in [2.45, 2.75) is 6.92 Å². The summed E-state index contributed by atoms with van der Waals surface area (Å²) in [5.74, 6) is 1.52. The van der Waals surface area contributed by atoms with E-state index in [0.717, 1.165) is 0 Å². The Bertz CT molecular complexity index is 937. The number of carbonyl (C=O) groups is 1. The van der Waals surface area contributed by atoms with Crippen molar-refractivity contribution < 1.29 is 9.18 Å². The van der Waals surface area contributed by atoms with Crippen LogP contribution in [0.15, 0.2) is 55.0 Å². The number of anilines is 4. The van der Waals surface area contributed by atoms with Gasteiger partial charge in [-0.2, -0.15) is 0 Å². The van der Waals surface area contributed by atoms with E-state index in [1.165, 1.54) is 12.4 Å². The van der Waals surface area contributed by atoms with Crippen molar-refractivity contribution in [3.05, 3.63) is 66.4 Å². The summed E-state index contributed by atoms with van der Waals surface area (Å²) >= 11 is 0. The summed E-state index contributed by atoms with van der Waals surface area (Å²) in [5.41, 5.74) is 0.923. The highest BCUT2D eigenvalue weighted by Crippen LogP contribution is 2.14. The highest BCUT2D eigenvalue weighted by molar-refractivity contribution is 5.89. The van der Waals surface area contributed by atoms with Crippen molar-refractivity contribution in [2.75, 3.05) is 29.0 Å². The molecule has 0 saturated heterocycles. The molecule has 2 amide bonds. The summed E-state index contributed by atoms with van der Waals surface area (Å²) in [6.07, 6.45) is 3.12. The van der Waals surface area contributed by atoms with Crippen LogP contribution in [-0.2, 0) is 0 Å². The molecule has 2 aromatic heterocycles. The minimum Gasteiger partial charge on any atom is -0.368 e. The smallest absolute Gasteiger partial charge is 0.319 e. The van der Waals surface area contributed by atoms with Gasteiger partial charge in [0.2, 0.25) is 0 Å². The van der Waals surface area contributed by atoms with Gasteiger partial charge < -0.3 is 21.3 Å². The number of aryl methyl sites for hydroxylation is 1. The van der Waals surface area contributed by atoms with Gasteiger partial charge >= 0.3 is 6.03 Å². The van der Waals surface area contributed by atoms with E-state index in [2.05, 4.69) is 36.2 Å². The van der Waals surface area contributed by atoms with Crippen LogP contribution in [0.4, 0.5) is 32.3 Å². The van der Waals surface area contributed by atoms with Crippen molar-refractivity contribution >= 4 is 29.2 Å². The van der Waals surface area contributed by atoms with Gasteiger partial charge in [-0.3, -0.25) is 0 Å². The molecule has 0 spiro atoms. The number of nitrogens with zero attached hydrogens (tertiary/aromatic N) is 3. The summed E-state index contributed by atoms with van der Waals surface area (Å²) in [4.78, 5) is 24.3. The van der Waals surface area contributed by atoms with Crippen LogP contribution in [0.3, 0.4) is 0 Å². The molecule has 0 radical (unpaired) electrons. The number of hydrogen-bond acceptors (Lipinski definition) is 6. The number of carbonyl (C=O) groups excluding carboxylic acids is 1. The first-order chi connectivity index (χ1) is 13.6. The van der Waals surface area contributed by atoms with E-state index in [1.54, 1.807) is 31.3 Å². The molecule has 0 unspecified atom stereocenters. The maximum absolute atomic E-state index is 13.5. The quantitative estimate of drug-likeness (QED) is 0.468. The van der Waals surface area contributed by atoms with Crippen LogP contribution >= 0.6 is 0 Å². The van der Waals surface area contributed by atoms with E-state index in [4.69, 9.17) is 0 Å². The number of rotatable bonds is 7. The summed E-state index contributed by atoms with van der Waals surface area (Å²) < 4.78 is 13.5. The zero-order valence-electron chi connectivity index (χ0n) is 15.2. The standard InChI is InChI=1S/C19H20FN7O/c1-13-5-6-14(10-15(13)20)26-19(28)23-9-8-22-17-11-18(25-12-24-17)27-16-4-2-3-7-21-16/h2-7,10-12H,8-9H2,1H3,(H2,23,26,28)(H2,21,22,24,25,27). The predicted octanol–water partition coefficient (Wildman–Crippen LogP) is 3.30. The van der Waals surface area contributed by atoms with E-state index in [9.17, 15) is 9.18 Å². The van der Waals surface area contributed by atoms with Crippen molar-refractivity contribution in [3.8, 4) is 0 Å². The molecule has 9 heteroatoms. The largest absolute Gasteiger partial charge is 0.368 e. The highest BCUT2D eigenvalue weighted by Gasteiger charge is 2.04. The van der Waals surface area contributed by atoms with Crippen molar-refractivity contribution in [3.63, 3.8) is 0 Å². The highest BCUT2D eigenvalue weighted by atomic mass is 19.1. The van der Waals surface area contributed by atoms with Crippen LogP contribution in [0.1, 0.15) is 5.56 Å². The Morgan fingerprint density at radius 3 is 2.64 bits per heavy atom.